The third-order valence-electron chi connectivity index (χ3n) is 9.83. The zero-order chi connectivity index (χ0) is 23.9. The molecule has 34 heavy (non-hydrogen) atoms. The van der Waals surface area contributed by atoms with Crippen molar-refractivity contribution in [1.29, 1.82) is 0 Å². The van der Waals surface area contributed by atoms with Crippen LogP contribution in [-0.4, -0.2) is 35.1 Å². The van der Waals surface area contributed by atoms with Gasteiger partial charge in [0.15, 0.2) is 0 Å². The van der Waals surface area contributed by atoms with Crippen molar-refractivity contribution in [3.05, 3.63) is 47.8 Å². The Morgan fingerprint density at radius 2 is 2.03 bits per heavy atom. The second kappa shape index (κ2) is 9.46. The van der Waals surface area contributed by atoms with E-state index in [0.717, 1.165) is 43.3 Å². The number of carbonyl (C=O) groups excluding carboxylic acids is 1. The number of nitrogens with zero attached hydrogens (tertiary/aromatic N) is 1. The van der Waals surface area contributed by atoms with Gasteiger partial charge in [-0.3, -0.25) is 9.78 Å². The summed E-state index contributed by atoms with van der Waals surface area (Å²) in [6.45, 7) is 5.02. The summed E-state index contributed by atoms with van der Waals surface area (Å²) in [6.07, 6.45) is 19.5. The van der Waals surface area contributed by atoms with Crippen LogP contribution in [0.25, 0.3) is 5.57 Å². The predicted octanol–water partition coefficient (Wildman–Crippen LogP) is 6.03. The molecule has 0 spiro atoms. The third-order valence-corrected chi connectivity index (χ3v) is 10.5. The minimum absolute atomic E-state index is 0.0112. The molecule has 2 N–H and O–H groups in total. The highest BCUT2D eigenvalue weighted by Crippen LogP contribution is 2.66. The average Bonchev–Trinajstić information content (AvgIpc) is 3.20. The molecule has 0 amide bonds. The van der Waals surface area contributed by atoms with E-state index in [1.807, 2.05) is 18.6 Å². The highest BCUT2D eigenvalue weighted by atomic mass is 32.2. The number of rotatable bonds is 6. The van der Waals surface area contributed by atoms with Gasteiger partial charge in [-0.1, -0.05) is 37.6 Å². The number of ether oxygens (including phenoxy) is 1. The van der Waals surface area contributed by atoms with Gasteiger partial charge in [0.05, 0.1) is 0 Å². The summed E-state index contributed by atoms with van der Waals surface area (Å²) in [6, 6.07) is 3.80. The minimum atomic E-state index is -0.495. The maximum atomic E-state index is 12.5. The molecular weight excluding hydrogens is 440 g/mol. The average molecular weight is 481 g/mol. The number of thioether (sulfide) groups is 1. The fraction of sp³-hybridized carbons (Fsp3) is 0.655. The van der Waals surface area contributed by atoms with E-state index in [1.165, 1.54) is 36.0 Å². The van der Waals surface area contributed by atoms with Crippen LogP contribution in [0.5, 0.6) is 0 Å². The Hall–Kier alpha value is -1.59. The Morgan fingerprint density at radius 3 is 2.79 bits per heavy atom. The van der Waals surface area contributed by atoms with Crippen LogP contribution in [0.4, 0.5) is 0 Å². The molecule has 4 nitrogen and oxygen atoms in total. The molecule has 4 aliphatic rings. The van der Waals surface area contributed by atoms with Crippen molar-refractivity contribution in [2.75, 3.05) is 12.0 Å². The van der Waals surface area contributed by atoms with Crippen LogP contribution in [0.15, 0.2) is 42.3 Å². The van der Waals surface area contributed by atoms with Gasteiger partial charge in [-0.2, -0.15) is 11.8 Å². The fourth-order valence-electron chi connectivity index (χ4n) is 7.88. The van der Waals surface area contributed by atoms with Crippen LogP contribution in [0.1, 0.15) is 70.8 Å². The number of hydrogen-bond donors (Lipinski definition) is 1. The van der Waals surface area contributed by atoms with Gasteiger partial charge in [-0.25, -0.2) is 0 Å². The van der Waals surface area contributed by atoms with Crippen LogP contribution in [-0.2, 0) is 9.53 Å². The Morgan fingerprint density at radius 1 is 1.21 bits per heavy atom. The van der Waals surface area contributed by atoms with Crippen LogP contribution in [0.3, 0.4) is 0 Å². The van der Waals surface area contributed by atoms with Crippen LogP contribution in [0.2, 0.25) is 0 Å². The molecule has 184 valence electrons. The van der Waals surface area contributed by atoms with E-state index in [-0.39, 0.29) is 22.9 Å². The quantitative estimate of drug-likeness (QED) is 0.398. The summed E-state index contributed by atoms with van der Waals surface area (Å²) in [5, 5.41) is 0. The van der Waals surface area contributed by atoms with Gasteiger partial charge in [0.2, 0.25) is 0 Å². The Labute approximate surface area is 209 Å². The molecule has 2 saturated carbocycles. The number of aromatic nitrogens is 1. The number of nitrogens with two attached hydrogens (primary N) is 1. The van der Waals surface area contributed by atoms with Crippen molar-refractivity contribution < 1.29 is 9.53 Å². The van der Waals surface area contributed by atoms with Gasteiger partial charge in [0, 0.05) is 18.8 Å². The lowest BCUT2D eigenvalue weighted by Crippen LogP contribution is -2.50. The zero-order valence-electron chi connectivity index (χ0n) is 21.0. The van der Waals surface area contributed by atoms with Crippen LogP contribution < -0.4 is 5.73 Å². The lowest BCUT2D eigenvalue weighted by atomic mass is 9.47. The van der Waals surface area contributed by atoms with Gasteiger partial charge in [0.1, 0.15) is 12.1 Å². The first-order valence-electron chi connectivity index (χ1n) is 13.1. The first kappa shape index (κ1) is 24.1. The maximum absolute atomic E-state index is 12.5. The van der Waals surface area contributed by atoms with Crippen molar-refractivity contribution in [1.82, 2.24) is 4.98 Å². The van der Waals surface area contributed by atoms with E-state index < -0.39 is 6.04 Å². The molecule has 7 atom stereocenters. The first-order chi connectivity index (χ1) is 16.4. The number of fused-ring (bicyclic) bond motifs is 5. The highest BCUT2D eigenvalue weighted by molar-refractivity contribution is 7.98. The predicted molar refractivity (Wildman–Crippen MR) is 140 cm³/mol. The molecule has 1 unspecified atom stereocenters. The number of esters is 1. The van der Waals surface area contributed by atoms with Crippen molar-refractivity contribution in [2.45, 2.75) is 77.4 Å². The van der Waals surface area contributed by atoms with Crippen molar-refractivity contribution in [3.63, 3.8) is 0 Å². The lowest BCUT2D eigenvalue weighted by molar-refractivity contribution is -0.153. The summed E-state index contributed by atoms with van der Waals surface area (Å²) >= 11 is 1.72. The fourth-order valence-corrected chi connectivity index (χ4v) is 8.37. The van der Waals surface area contributed by atoms with E-state index in [1.54, 1.807) is 11.8 Å². The zero-order valence-corrected chi connectivity index (χ0v) is 21.8. The number of pyridine rings is 1. The van der Waals surface area contributed by atoms with Crippen LogP contribution in [0, 0.1) is 28.6 Å². The standard InChI is InChI=1S/C29H40N2O2S/c1-28-13-10-21(33-27(32)26(30)12-16-34-3)17-20(28)6-7-22-24-9-8-23(19-5-4-15-31-18-19)29(24,2)14-11-25(22)28/h4-6,8,15,18,21-22,24-26H,7,9-14,16-17,30H2,1-3H3/t21-,22-,24-,25-,26?,28-,29+/m0/s1. The third kappa shape index (κ3) is 4.07. The molecule has 2 fully saturated rings. The van der Waals surface area contributed by atoms with Crippen LogP contribution >= 0.6 is 11.8 Å². The molecule has 1 aromatic heterocycles. The second-order valence-electron chi connectivity index (χ2n) is 11.5. The molecule has 5 heteroatoms. The lowest BCUT2D eigenvalue weighted by Gasteiger charge is -2.57. The Balaban J connectivity index is 1.29. The van der Waals surface area contributed by atoms with Gasteiger partial charge in [-0.15, -0.1) is 0 Å². The van der Waals surface area contributed by atoms with E-state index >= 15 is 0 Å². The van der Waals surface area contributed by atoms with Gasteiger partial charge >= 0.3 is 5.97 Å². The Kier molecular flexibility index (Phi) is 6.71. The monoisotopic (exact) mass is 480 g/mol. The molecule has 4 aliphatic carbocycles. The maximum Gasteiger partial charge on any atom is 0.323 e. The van der Waals surface area contributed by atoms with Crippen molar-refractivity contribution in [3.8, 4) is 0 Å². The van der Waals surface area contributed by atoms with Gasteiger partial charge in [0.25, 0.3) is 0 Å². The van der Waals surface area contributed by atoms with Crippen molar-refractivity contribution >= 4 is 23.3 Å². The summed E-state index contributed by atoms with van der Waals surface area (Å²) in [7, 11) is 0. The molecule has 1 heterocycles. The van der Waals surface area contributed by atoms with E-state index in [9.17, 15) is 4.79 Å². The molecule has 0 aromatic carbocycles. The molecule has 5 rings (SSSR count). The summed E-state index contributed by atoms with van der Waals surface area (Å²) in [5.74, 6) is 2.85. The first-order valence-corrected chi connectivity index (χ1v) is 14.5. The molecule has 0 radical (unpaired) electrons. The number of carbonyl (C=O) groups is 1. The SMILES string of the molecule is CSCCC(N)C(=O)O[C@H]1CC[C@@]2(C)C(=CC[C@@H]3[C@@H]2CC[C@]2(C)C(c4cccnc4)=CC[C@@H]32)C1. The Bertz CT molecular complexity index is 976. The van der Waals surface area contributed by atoms with Crippen molar-refractivity contribution in [2.24, 2.45) is 34.3 Å². The molecular formula is C29H40N2O2S. The van der Waals surface area contributed by atoms with E-state index in [2.05, 4.69) is 43.1 Å². The van der Waals surface area contributed by atoms with E-state index in [4.69, 9.17) is 10.5 Å². The minimum Gasteiger partial charge on any atom is -0.461 e. The topological polar surface area (TPSA) is 65.2 Å². The second-order valence-corrected chi connectivity index (χ2v) is 12.5. The van der Waals surface area contributed by atoms with Gasteiger partial charge < -0.3 is 10.5 Å². The smallest absolute Gasteiger partial charge is 0.323 e. The molecule has 0 aliphatic heterocycles. The number of allylic oxidation sites excluding steroid dienone is 3. The summed E-state index contributed by atoms with van der Waals surface area (Å²) in [4.78, 5) is 16.9. The van der Waals surface area contributed by atoms with Gasteiger partial charge in [-0.05, 0) is 103 Å². The normalized spacial score (nSPS) is 37.5. The summed E-state index contributed by atoms with van der Waals surface area (Å²) in [5.41, 5.74) is 10.9. The summed E-state index contributed by atoms with van der Waals surface area (Å²) < 4.78 is 5.90. The molecule has 1 aromatic rings. The number of hydrogen-bond acceptors (Lipinski definition) is 5. The highest BCUT2D eigenvalue weighted by Gasteiger charge is 2.57. The molecule has 0 bridgehead atoms. The molecule has 0 saturated heterocycles. The van der Waals surface area contributed by atoms with E-state index in [0.29, 0.717) is 12.3 Å². The largest absolute Gasteiger partial charge is 0.461 e.